The van der Waals surface area contributed by atoms with Gasteiger partial charge in [0.15, 0.2) is 0 Å². The Balaban J connectivity index is 1.77. The first-order valence-electron chi connectivity index (χ1n) is 9.28. The lowest BCUT2D eigenvalue weighted by atomic mass is 10.1. The lowest BCUT2D eigenvalue weighted by molar-refractivity contribution is -0.129. The molecule has 0 radical (unpaired) electrons. The van der Waals surface area contributed by atoms with Crippen LogP contribution < -0.4 is 5.32 Å². The minimum atomic E-state index is -0.331. The van der Waals surface area contributed by atoms with Crippen molar-refractivity contribution >= 4 is 17.9 Å². The third-order valence-electron chi connectivity index (χ3n) is 4.59. The van der Waals surface area contributed by atoms with Crippen molar-refractivity contribution < 1.29 is 14.7 Å². The molecule has 1 aromatic carbocycles. The Morgan fingerprint density at radius 3 is 2.46 bits per heavy atom. The van der Waals surface area contributed by atoms with Gasteiger partial charge in [0.1, 0.15) is 5.70 Å². The highest BCUT2D eigenvalue weighted by atomic mass is 16.3. The summed E-state index contributed by atoms with van der Waals surface area (Å²) in [6.45, 7) is 3.19. The maximum Gasteiger partial charge on any atom is 0.270 e. The molecule has 2 aromatic rings. The first-order chi connectivity index (χ1) is 13.7. The summed E-state index contributed by atoms with van der Waals surface area (Å²) >= 11 is 0. The van der Waals surface area contributed by atoms with Crippen LogP contribution >= 0.6 is 0 Å². The molecular formula is C21H24N4O3. The molecule has 7 heteroatoms. The molecule has 2 heterocycles. The van der Waals surface area contributed by atoms with Crippen molar-refractivity contribution in [1.29, 1.82) is 0 Å². The van der Waals surface area contributed by atoms with E-state index < -0.39 is 0 Å². The number of carbonyl (C=O) groups is 2. The minimum Gasteiger partial charge on any atom is -0.395 e. The van der Waals surface area contributed by atoms with E-state index in [4.69, 9.17) is 5.11 Å². The fourth-order valence-corrected chi connectivity index (χ4v) is 3.05. The summed E-state index contributed by atoms with van der Waals surface area (Å²) in [6, 6.07) is 12.4. The number of hydrogen-bond acceptors (Lipinski definition) is 5. The average Bonchev–Trinajstić information content (AvgIpc) is 2.75. The number of β-amino-alcohol motifs (C(OH)–C–C–N with tert-alkyl or cyclic N) is 1. The van der Waals surface area contributed by atoms with E-state index >= 15 is 0 Å². The van der Waals surface area contributed by atoms with Crippen molar-refractivity contribution in [2.75, 3.05) is 39.3 Å². The topological polar surface area (TPSA) is 85.8 Å². The van der Waals surface area contributed by atoms with E-state index in [9.17, 15) is 9.59 Å². The van der Waals surface area contributed by atoms with Crippen LogP contribution in [0.25, 0.3) is 6.08 Å². The third-order valence-corrected chi connectivity index (χ3v) is 4.59. The Labute approximate surface area is 164 Å². The van der Waals surface area contributed by atoms with Crippen molar-refractivity contribution in [3.8, 4) is 0 Å². The molecule has 28 heavy (non-hydrogen) atoms. The molecule has 1 aromatic heterocycles. The molecule has 1 aliphatic rings. The Morgan fingerprint density at radius 1 is 1.07 bits per heavy atom. The summed E-state index contributed by atoms with van der Waals surface area (Å²) in [5.74, 6) is -0.556. The zero-order valence-electron chi connectivity index (χ0n) is 15.6. The highest BCUT2D eigenvalue weighted by Gasteiger charge is 2.24. The molecule has 2 N–H and O–H groups in total. The summed E-state index contributed by atoms with van der Waals surface area (Å²) in [7, 11) is 0. The molecule has 0 bridgehead atoms. The molecule has 0 atom stereocenters. The Bertz CT molecular complexity index is 816. The average molecular weight is 380 g/mol. The van der Waals surface area contributed by atoms with E-state index in [0.717, 1.165) is 5.56 Å². The van der Waals surface area contributed by atoms with Gasteiger partial charge in [-0.2, -0.15) is 0 Å². The predicted octanol–water partition coefficient (Wildman–Crippen LogP) is 0.989. The van der Waals surface area contributed by atoms with Gasteiger partial charge < -0.3 is 15.3 Å². The maximum absolute atomic E-state index is 13.1. The van der Waals surface area contributed by atoms with Gasteiger partial charge in [0.25, 0.3) is 11.8 Å². The van der Waals surface area contributed by atoms with Crippen molar-refractivity contribution in [3.63, 3.8) is 0 Å². The summed E-state index contributed by atoms with van der Waals surface area (Å²) in [6.07, 6.45) is 4.94. The van der Waals surface area contributed by atoms with Crippen LogP contribution in [-0.2, 0) is 4.79 Å². The van der Waals surface area contributed by atoms with Gasteiger partial charge in [-0.3, -0.25) is 19.5 Å². The molecular weight excluding hydrogens is 356 g/mol. The van der Waals surface area contributed by atoms with Gasteiger partial charge in [0.2, 0.25) is 0 Å². The normalized spacial score (nSPS) is 15.3. The molecule has 0 saturated carbocycles. The number of aromatic nitrogens is 1. The van der Waals surface area contributed by atoms with E-state index in [1.54, 1.807) is 53.7 Å². The summed E-state index contributed by atoms with van der Waals surface area (Å²) in [5.41, 5.74) is 1.44. The minimum absolute atomic E-state index is 0.104. The summed E-state index contributed by atoms with van der Waals surface area (Å²) in [5, 5.41) is 11.8. The van der Waals surface area contributed by atoms with E-state index in [1.165, 1.54) is 0 Å². The molecule has 1 saturated heterocycles. The van der Waals surface area contributed by atoms with Gasteiger partial charge in [0, 0.05) is 50.7 Å². The van der Waals surface area contributed by atoms with Gasteiger partial charge in [-0.15, -0.1) is 0 Å². The number of hydrogen-bond donors (Lipinski definition) is 2. The fourth-order valence-electron chi connectivity index (χ4n) is 3.05. The molecule has 0 aliphatic carbocycles. The Kier molecular flexibility index (Phi) is 6.89. The second-order valence-corrected chi connectivity index (χ2v) is 6.52. The molecule has 2 amide bonds. The van der Waals surface area contributed by atoms with Crippen LogP contribution in [0.1, 0.15) is 15.9 Å². The molecule has 1 aliphatic heterocycles. The highest BCUT2D eigenvalue weighted by molar-refractivity contribution is 6.05. The zero-order chi connectivity index (χ0) is 19.8. The molecule has 7 nitrogen and oxygen atoms in total. The predicted molar refractivity (Wildman–Crippen MR) is 106 cm³/mol. The van der Waals surface area contributed by atoms with E-state index in [1.807, 2.05) is 12.1 Å². The number of rotatable bonds is 6. The molecule has 0 unspecified atom stereocenters. The number of piperazine rings is 1. The monoisotopic (exact) mass is 380 g/mol. The van der Waals surface area contributed by atoms with Crippen LogP contribution in [0.4, 0.5) is 0 Å². The first-order valence-corrected chi connectivity index (χ1v) is 9.28. The van der Waals surface area contributed by atoms with Gasteiger partial charge in [0.05, 0.1) is 6.61 Å². The van der Waals surface area contributed by atoms with Crippen LogP contribution in [-0.4, -0.2) is 71.0 Å². The number of nitrogens with zero attached hydrogens (tertiary/aromatic N) is 3. The fraction of sp³-hybridized carbons (Fsp3) is 0.286. The number of aliphatic hydroxyl groups excluding tert-OH is 1. The smallest absolute Gasteiger partial charge is 0.270 e. The van der Waals surface area contributed by atoms with Crippen molar-refractivity contribution in [3.05, 3.63) is 71.7 Å². The van der Waals surface area contributed by atoms with Crippen molar-refractivity contribution in [2.45, 2.75) is 0 Å². The van der Waals surface area contributed by atoms with Gasteiger partial charge in [-0.1, -0.05) is 24.3 Å². The van der Waals surface area contributed by atoms with E-state index in [2.05, 4.69) is 15.2 Å². The standard InChI is InChI=1S/C21H24N4O3/c26-14-13-24-9-11-25(12-10-24)21(28)19(15-17-5-4-8-22-16-17)23-20(27)18-6-2-1-3-7-18/h1-8,15-16,26H,9-14H2,(H,23,27)/b19-15+. The van der Waals surface area contributed by atoms with Crippen LogP contribution in [0.5, 0.6) is 0 Å². The van der Waals surface area contributed by atoms with Crippen LogP contribution in [0, 0.1) is 0 Å². The molecule has 1 fully saturated rings. The molecule has 0 spiro atoms. The zero-order valence-corrected chi connectivity index (χ0v) is 15.6. The van der Waals surface area contributed by atoms with Crippen LogP contribution in [0.2, 0.25) is 0 Å². The van der Waals surface area contributed by atoms with Gasteiger partial charge in [-0.05, 0) is 29.8 Å². The Morgan fingerprint density at radius 2 is 1.82 bits per heavy atom. The largest absolute Gasteiger partial charge is 0.395 e. The van der Waals surface area contributed by atoms with E-state index in [-0.39, 0.29) is 24.1 Å². The number of carbonyl (C=O) groups excluding carboxylic acids is 2. The second-order valence-electron chi connectivity index (χ2n) is 6.52. The van der Waals surface area contributed by atoms with E-state index in [0.29, 0.717) is 38.3 Å². The van der Waals surface area contributed by atoms with Crippen LogP contribution in [0.15, 0.2) is 60.6 Å². The number of aliphatic hydroxyl groups is 1. The first kappa shape index (κ1) is 19.7. The van der Waals surface area contributed by atoms with Crippen molar-refractivity contribution in [2.24, 2.45) is 0 Å². The third kappa shape index (κ3) is 5.25. The number of benzene rings is 1. The number of amides is 2. The van der Waals surface area contributed by atoms with Gasteiger partial charge >= 0.3 is 0 Å². The summed E-state index contributed by atoms with van der Waals surface area (Å²) in [4.78, 5) is 33.6. The lowest BCUT2D eigenvalue weighted by Crippen LogP contribution is -2.50. The summed E-state index contributed by atoms with van der Waals surface area (Å²) < 4.78 is 0. The molecule has 3 rings (SSSR count). The lowest BCUT2D eigenvalue weighted by Gasteiger charge is -2.34. The Hall–Kier alpha value is -3.03. The highest BCUT2D eigenvalue weighted by Crippen LogP contribution is 2.11. The van der Waals surface area contributed by atoms with Crippen molar-refractivity contribution in [1.82, 2.24) is 20.1 Å². The second kappa shape index (κ2) is 9.77. The SMILES string of the molecule is O=C(N/C(=C/c1cccnc1)C(=O)N1CCN(CCO)CC1)c1ccccc1. The number of nitrogens with one attached hydrogen (secondary N) is 1. The maximum atomic E-state index is 13.1. The van der Waals surface area contributed by atoms with Gasteiger partial charge in [-0.25, -0.2) is 0 Å². The molecule has 146 valence electrons. The van der Waals surface area contributed by atoms with Crippen LogP contribution in [0.3, 0.4) is 0 Å². The quantitative estimate of drug-likeness (QED) is 0.730. The number of pyridine rings is 1.